The Kier molecular flexibility index (Phi) is 4.22. The minimum atomic E-state index is -1.03. The molecule has 1 saturated heterocycles. The highest BCUT2D eigenvalue weighted by Gasteiger charge is 2.41. The number of carboxylic acids is 1. The summed E-state index contributed by atoms with van der Waals surface area (Å²) in [6.07, 6.45) is 6.01. The minimum Gasteiger partial charge on any atom is -0.480 e. The maximum atomic E-state index is 11.9. The molecule has 102 valence electrons. The van der Waals surface area contributed by atoms with Crippen molar-refractivity contribution in [1.82, 2.24) is 5.32 Å². The van der Waals surface area contributed by atoms with Crippen LogP contribution in [0.15, 0.2) is 0 Å². The van der Waals surface area contributed by atoms with Crippen LogP contribution in [0.1, 0.15) is 51.4 Å². The highest BCUT2D eigenvalue weighted by atomic mass is 16.5. The van der Waals surface area contributed by atoms with Gasteiger partial charge in [0.05, 0.1) is 12.5 Å². The second-order valence-corrected chi connectivity index (χ2v) is 5.34. The average molecular weight is 255 g/mol. The lowest BCUT2D eigenvalue weighted by atomic mass is 9.81. The molecule has 1 saturated carbocycles. The normalized spacial score (nSPS) is 26.8. The molecule has 1 unspecified atom stereocenters. The van der Waals surface area contributed by atoms with Crippen molar-refractivity contribution in [3.63, 3.8) is 0 Å². The van der Waals surface area contributed by atoms with Crippen LogP contribution in [0.25, 0.3) is 0 Å². The zero-order chi connectivity index (χ0) is 13.0. The third-order valence-electron chi connectivity index (χ3n) is 3.93. The second kappa shape index (κ2) is 5.69. The highest BCUT2D eigenvalue weighted by Crippen LogP contribution is 2.29. The van der Waals surface area contributed by atoms with Crippen LogP contribution in [0.4, 0.5) is 0 Å². The summed E-state index contributed by atoms with van der Waals surface area (Å²) in [5, 5.41) is 12.1. The molecule has 5 nitrogen and oxygen atoms in total. The first kappa shape index (κ1) is 13.3. The van der Waals surface area contributed by atoms with Crippen molar-refractivity contribution in [2.45, 2.75) is 63.0 Å². The van der Waals surface area contributed by atoms with E-state index in [1.807, 2.05) is 0 Å². The number of aliphatic carboxylic acids is 1. The molecule has 1 atom stereocenters. The summed E-state index contributed by atoms with van der Waals surface area (Å²) >= 11 is 0. The van der Waals surface area contributed by atoms with Gasteiger partial charge in [0.2, 0.25) is 5.91 Å². The fourth-order valence-corrected chi connectivity index (χ4v) is 2.88. The molecule has 0 aromatic heterocycles. The predicted octanol–water partition coefficient (Wildman–Crippen LogP) is 1.46. The van der Waals surface area contributed by atoms with Crippen LogP contribution in [0.3, 0.4) is 0 Å². The summed E-state index contributed by atoms with van der Waals surface area (Å²) < 4.78 is 5.40. The minimum absolute atomic E-state index is 0.0283. The molecular formula is C13H21NO4. The van der Waals surface area contributed by atoms with E-state index in [2.05, 4.69) is 5.32 Å². The first-order valence-corrected chi connectivity index (χ1v) is 6.78. The topological polar surface area (TPSA) is 75.6 Å². The molecule has 2 aliphatic rings. The predicted molar refractivity (Wildman–Crippen MR) is 65.2 cm³/mol. The lowest BCUT2D eigenvalue weighted by molar-refractivity contribution is -0.149. The smallest absolute Gasteiger partial charge is 0.329 e. The maximum absolute atomic E-state index is 11.9. The van der Waals surface area contributed by atoms with Crippen molar-refractivity contribution in [3.8, 4) is 0 Å². The van der Waals surface area contributed by atoms with Gasteiger partial charge in [-0.15, -0.1) is 0 Å². The van der Waals surface area contributed by atoms with Gasteiger partial charge in [0.15, 0.2) is 0 Å². The van der Waals surface area contributed by atoms with Crippen molar-refractivity contribution in [3.05, 3.63) is 0 Å². The highest BCUT2D eigenvalue weighted by molar-refractivity contribution is 5.87. The van der Waals surface area contributed by atoms with Gasteiger partial charge in [-0.05, 0) is 25.7 Å². The van der Waals surface area contributed by atoms with E-state index in [0.717, 1.165) is 32.1 Å². The molecule has 1 aliphatic carbocycles. The third kappa shape index (κ3) is 3.02. The van der Waals surface area contributed by atoms with Crippen molar-refractivity contribution >= 4 is 11.9 Å². The Bertz CT molecular complexity index is 317. The number of ether oxygens (including phenoxy) is 1. The number of hydrogen-bond donors (Lipinski definition) is 2. The molecule has 5 heteroatoms. The molecule has 1 heterocycles. The van der Waals surface area contributed by atoms with E-state index >= 15 is 0 Å². The molecule has 18 heavy (non-hydrogen) atoms. The van der Waals surface area contributed by atoms with E-state index in [1.54, 1.807) is 0 Å². The summed E-state index contributed by atoms with van der Waals surface area (Å²) in [5.74, 6) is -1.09. The van der Waals surface area contributed by atoms with Crippen molar-refractivity contribution in [2.24, 2.45) is 0 Å². The molecule has 2 N–H and O–H groups in total. The van der Waals surface area contributed by atoms with Crippen molar-refractivity contribution in [1.29, 1.82) is 0 Å². The van der Waals surface area contributed by atoms with E-state index in [9.17, 15) is 14.7 Å². The molecule has 0 bridgehead atoms. The Morgan fingerprint density at radius 1 is 1.22 bits per heavy atom. The summed E-state index contributed by atoms with van der Waals surface area (Å²) in [6.45, 7) is 0.710. The number of carbonyl (C=O) groups is 2. The van der Waals surface area contributed by atoms with Crippen LogP contribution in [0.2, 0.25) is 0 Å². The fourth-order valence-electron chi connectivity index (χ4n) is 2.88. The third-order valence-corrected chi connectivity index (χ3v) is 3.93. The van der Waals surface area contributed by atoms with E-state index in [0.29, 0.717) is 19.4 Å². The molecular weight excluding hydrogens is 234 g/mol. The van der Waals surface area contributed by atoms with Gasteiger partial charge in [0, 0.05) is 6.61 Å². The van der Waals surface area contributed by atoms with Gasteiger partial charge in [0.1, 0.15) is 5.54 Å². The zero-order valence-electron chi connectivity index (χ0n) is 10.6. The van der Waals surface area contributed by atoms with E-state index < -0.39 is 11.5 Å². The maximum Gasteiger partial charge on any atom is 0.329 e. The number of rotatable bonds is 4. The van der Waals surface area contributed by atoms with Crippen molar-refractivity contribution in [2.75, 3.05) is 6.61 Å². The monoisotopic (exact) mass is 255 g/mol. The van der Waals surface area contributed by atoms with Gasteiger partial charge in [-0.25, -0.2) is 4.79 Å². The van der Waals surface area contributed by atoms with Crippen LogP contribution >= 0.6 is 0 Å². The van der Waals surface area contributed by atoms with E-state index in [1.165, 1.54) is 0 Å². The standard InChI is InChI=1S/C13H21NO4/c15-11(9-10-5-4-8-18-10)14-13(12(16)17)6-2-1-3-7-13/h10H,1-9H2,(H,14,15)(H,16,17). The van der Waals surface area contributed by atoms with Gasteiger partial charge < -0.3 is 15.2 Å². The van der Waals surface area contributed by atoms with Gasteiger partial charge in [-0.1, -0.05) is 19.3 Å². The fraction of sp³-hybridized carbons (Fsp3) is 0.846. The lowest BCUT2D eigenvalue weighted by Gasteiger charge is -2.34. The van der Waals surface area contributed by atoms with Gasteiger partial charge in [0.25, 0.3) is 0 Å². The van der Waals surface area contributed by atoms with E-state index in [-0.39, 0.29) is 18.4 Å². The Labute approximate surface area is 107 Å². The molecule has 0 aromatic carbocycles. The Morgan fingerprint density at radius 3 is 2.50 bits per heavy atom. The zero-order valence-corrected chi connectivity index (χ0v) is 10.6. The quantitative estimate of drug-likeness (QED) is 0.797. The Morgan fingerprint density at radius 2 is 1.94 bits per heavy atom. The summed E-state index contributed by atoms with van der Waals surface area (Å²) in [5.41, 5.74) is -1.03. The van der Waals surface area contributed by atoms with Crippen molar-refractivity contribution < 1.29 is 19.4 Å². The molecule has 2 fully saturated rings. The molecule has 1 amide bonds. The number of carbonyl (C=O) groups excluding carboxylic acids is 1. The summed E-state index contributed by atoms with van der Waals surface area (Å²) in [4.78, 5) is 23.3. The van der Waals surface area contributed by atoms with Crippen LogP contribution < -0.4 is 5.32 Å². The van der Waals surface area contributed by atoms with Crippen LogP contribution in [-0.2, 0) is 14.3 Å². The molecule has 1 aliphatic heterocycles. The van der Waals surface area contributed by atoms with Gasteiger partial charge in [-0.2, -0.15) is 0 Å². The van der Waals surface area contributed by atoms with Gasteiger partial charge >= 0.3 is 5.97 Å². The van der Waals surface area contributed by atoms with Gasteiger partial charge in [-0.3, -0.25) is 4.79 Å². The Balaban J connectivity index is 1.91. The van der Waals surface area contributed by atoms with E-state index in [4.69, 9.17) is 4.74 Å². The Hall–Kier alpha value is -1.10. The molecule has 0 spiro atoms. The number of carboxylic acid groups (broad SMARTS) is 1. The summed E-state index contributed by atoms with van der Waals surface area (Å²) in [7, 11) is 0. The van der Waals surface area contributed by atoms with Crippen LogP contribution in [-0.4, -0.2) is 35.2 Å². The molecule has 2 rings (SSSR count). The summed E-state index contributed by atoms with van der Waals surface area (Å²) in [6, 6.07) is 0. The largest absolute Gasteiger partial charge is 0.480 e. The number of hydrogen-bond acceptors (Lipinski definition) is 3. The number of amides is 1. The lowest BCUT2D eigenvalue weighted by Crippen LogP contribution is -2.56. The second-order valence-electron chi connectivity index (χ2n) is 5.34. The van der Waals surface area contributed by atoms with Crippen LogP contribution in [0, 0.1) is 0 Å². The molecule has 0 aromatic rings. The first-order valence-electron chi connectivity index (χ1n) is 6.78. The number of nitrogens with one attached hydrogen (secondary N) is 1. The first-order chi connectivity index (χ1) is 8.62. The SMILES string of the molecule is O=C(CC1CCCO1)NC1(C(=O)O)CCCCC1. The molecule has 0 radical (unpaired) electrons. The average Bonchev–Trinajstić information content (AvgIpc) is 2.82. The van der Waals surface area contributed by atoms with Crippen LogP contribution in [0.5, 0.6) is 0 Å².